The summed E-state index contributed by atoms with van der Waals surface area (Å²) in [5, 5.41) is 22.1. The van der Waals surface area contributed by atoms with E-state index in [1.54, 1.807) is 6.92 Å². The first kappa shape index (κ1) is 12.9. The lowest BCUT2D eigenvalue weighted by atomic mass is 10.0. The molecule has 80 valence electrons. The van der Waals surface area contributed by atoms with Gasteiger partial charge in [0.15, 0.2) is 0 Å². The Kier molecular flexibility index (Phi) is 5.53. The van der Waals surface area contributed by atoms with Crippen LogP contribution in [-0.2, 0) is 0 Å². The molecule has 0 aliphatic heterocycles. The maximum atomic E-state index is 9.63. The molecule has 0 amide bonds. The third-order valence-corrected chi connectivity index (χ3v) is 2.39. The number of rotatable bonds is 6. The van der Waals surface area contributed by atoms with E-state index in [-0.39, 0.29) is 12.0 Å². The Balaban J connectivity index is 3.56. The van der Waals surface area contributed by atoms with Crippen LogP contribution >= 0.6 is 0 Å². The van der Waals surface area contributed by atoms with E-state index in [0.29, 0.717) is 13.1 Å². The monoisotopic (exact) mass is 189 g/mol. The van der Waals surface area contributed by atoms with Crippen LogP contribution in [0.5, 0.6) is 0 Å². The van der Waals surface area contributed by atoms with Gasteiger partial charge in [0.2, 0.25) is 0 Å². The molecule has 3 N–H and O–H groups in total. The highest BCUT2D eigenvalue weighted by Crippen LogP contribution is 2.06. The van der Waals surface area contributed by atoms with Gasteiger partial charge in [-0.05, 0) is 19.3 Å². The SMILES string of the molecule is CCC(C)(O)CNCC(O)C(C)C. The fourth-order valence-corrected chi connectivity index (χ4v) is 0.850. The Morgan fingerprint density at radius 1 is 1.38 bits per heavy atom. The summed E-state index contributed by atoms with van der Waals surface area (Å²) < 4.78 is 0. The first-order valence-corrected chi connectivity index (χ1v) is 5.00. The van der Waals surface area contributed by atoms with Gasteiger partial charge in [-0.25, -0.2) is 0 Å². The van der Waals surface area contributed by atoms with Crippen LogP contribution in [0.25, 0.3) is 0 Å². The molecule has 0 radical (unpaired) electrons. The van der Waals surface area contributed by atoms with Crippen LogP contribution in [0, 0.1) is 5.92 Å². The van der Waals surface area contributed by atoms with E-state index in [1.807, 2.05) is 20.8 Å². The van der Waals surface area contributed by atoms with Crippen LogP contribution < -0.4 is 5.32 Å². The van der Waals surface area contributed by atoms with Crippen molar-refractivity contribution in [1.82, 2.24) is 5.32 Å². The van der Waals surface area contributed by atoms with Crippen molar-refractivity contribution >= 4 is 0 Å². The third kappa shape index (κ3) is 6.02. The van der Waals surface area contributed by atoms with E-state index in [2.05, 4.69) is 5.32 Å². The minimum Gasteiger partial charge on any atom is -0.392 e. The summed E-state index contributed by atoms with van der Waals surface area (Å²) in [5.41, 5.74) is -0.656. The van der Waals surface area contributed by atoms with Crippen molar-refractivity contribution in [2.75, 3.05) is 13.1 Å². The molecule has 0 saturated carbocycles. The fourth-order valence-electron chi connectivity index (χ4n) is 0.850. The van der Waals surface area contributed by atoms with E-state index < -0.39 is 5.60 Å². The average Bonchev–Trinajstić information content (AvgIpc) is 2.04. The summed E-state index contributed by atoms with van der Waals surface area (Å²) in [5.74, 6) is 0.263. The van der Waals surface area contributed by atoms with Gasteiger partial charge < -0.3 is 15.5 Å². The van der Waals surface area contributed by atoms with Gasteiger partial charge in [-0.3, -0.25) is 0 Å². The van der Waals surface area contributed by atoms with Crippen molar-refractivity contribution in [3.8, 4) is 0 Å². The molecule has 0 spiro atoms. The second-order valence-corrected chi connectivity index (χ2v) is 4.29. The Hall–Kier alpha value is -0.120. The van der Waals surface area contributed by atoms with E-state index in [9.17, 15) is 10.2 Å². The van der Waals surface area contributed by atoms with E-state index >= 15 is 0 Å². The van der Waals surface area contributed by atoms with Crippen molar-refractivity contribution < 1.29 is 10.2 Å². The van der Waals surface area contributed by atoms with Crippen molar-refractivity contribution in [3.63, 3.8) is 0 Å². The van der Waals surface area contributed by atoms with Crippen LogP contribution in [-0.4, -0.2) is 35.0 Å². The number of hydrogen-bond acceptors (Lipinski definition) is 3. The molecule has 2 unspecified atom stereocenters. The van der Waals surface area contributed by atoms with Crippen molar-refractivity contribution in [3.05, 3.63) is 0 Å². The number of nitrogens with one attached hydrogen (secondary N) is 1. The molecular weight excluding hydrogens is 166 g/mol. The summed E-state index contributed by atoms with van der Waals surface area (Å²) in [6, 6.07) is 0. The van der Waals surface area contributed by atoms with Crippen molar-refractivity contribution in [2.45, 2.75) is 45.8 Å². The van der Waals surface area contributed by atoms with Gasteiger partial charge >= 0.3 is 0 Å². The van der Waals surface area contributed by atoms with Gasteiger partial charge in [-0.15, -0.1) is 0 Å². The minimum atomic E-state index is -0.656. The van der Waals surface area contributed by atoms with E-state index in [1.165, 1.54) is 0 Å². The molecule has 3 heteroatoms. The first-order valence-electron chi connectivity index (χ1n) is 5.00. The molecule has 0 aromatic rings. The highest BCUT2D eigenvalue weighted by Gasteiger charge is 2.17. The maximum absolute atomic E-state index is 9.63. The third-order valence-electron chi connectivity index (χ3n) is 2.39. The molecule has 13 heavy (non-hydrogen) atoms. The fraction of sp³-hybridized carbons (Fsp3) is 1.00. The predicted molar refractivity (Wildman–Crippen MR) is 54.6 cm³/mol. The highest BCUT2D eigenvalue weighted by molar-refractivity contribution is 4.74. The van der Waals surface area contributed by atoms with Gasteiger partial charge in [0.1, 0.15) is 0 Å². The van der Waals surface area contributed by atoms with Gasteiger partial charge in [-0.2, -0.15) is 0 Å². The zero-order chi connectivity index (χ0) is 10.5. The summed E-state index contributed by atoms with van der Waals surface area (Å²) in [6.45, 7) is 8.78. The topological polar surface area (TPSA) is 52.5 Å². The quantitative estimate of drug-likeness (QED) is 0.578. The molecule has 0 aromatic heterocycles. The standard InChI is InChI=1S/C10H23NO2/c1-5-10(4,13)7-11-6-9(12)8(2)3/h8-9,11-13H,5-7H2,1-4H3. The Morgan fingerprint density at radius 2 is 1.92 bits per heavy atom. The number of aliphatic hydroxyl groups is 2. The van der Waals surface area contributed by atoms with Crippen LogP contribution in [0.15, 0.2) is 0 Å². The molecule has 0 saturated heterocycles. The molecule has 3 nitrogen and oxygen atoms in total. The van der Waals surface area contributed by atoms with Crippen LogP contribution in [0.4, 0.5) is 0 Å². The lowest BCUT2D eigenvalue weighted by Gasteiger charge is -2.23. The second kappa shape index (κ2) is 5.58. The molecule has 0 heterocycles. The van der Waals surface area contributed by atoms with E-state index in [4.69, 9.17) is 0 Å². The largest absolute Gasteiger partial charge is 0.392 e. The second-order valence-electron chi connectivity index (χ2n) is 4.29. The molecule has 0 aromatic carbocycles. The Bertz CT molecular complexity index is 135. The lowest BCUT2D eigenvalue weighted by Crippen LogP contribution is -2.41. The smallest absolute Gasteiger partial charge is 0.0741 e. The number of hydrogen-bond donors (Lipinski definition) is 3. The van der Waals surface area contributed by atoms with Crippen LogP contribution in [0.1, 0.15) is 34.1 Å². The van der Waals surface area contributed by atoms with Gasteiger partial charge in [0.05, 0.1) is 11.7 Å². The molecule has 0 bridgehead atoms. The van der Waals surface area contributed by atoms with Gasteiger partial charge in [0.25, 0.3) is 0 Å². The van der Waals surface area contributed by atoms with Gasteiger partial charge in [0, 0.05) is 13.1 Å². The molecule has 0 aliphatic rings. The number of aliphatic hydroxyl groups excluding tert-OH is 1. The molecule has 2 atom stereocenters. The zero-order valence-electron chi connectivity index (χ0n) is 9.17. The molecule has 0 aliphatic carbocycles. The van der Waals surface area contributed by atoms with Crippen molar-refractivity contribution in [2.24, 2.45) is 5.92 Å². The lowest BCUT2D eigenvalue weighted by molar-refractivity contribution is 0.0484. The summed E-state index contributed by atoms with van der Waals surface area (Å²) in [6.07, 6.45) is 0.394. The summed E-state index contributed by atoms with van der Waals surface area (Å²) in [4.78, 5) is 0. The van der Waals surface area contributed by atoms with Crippen molar-refractivity contribution in [1.29, 1.82) is 0 Å². The van der Waals surface area contributed by atoms with Gasteiger partial charge in [-0.1, -0.05) is 20.8 Å². The molecule has 0 rings (SSSR count). The molecular formula is C10H23NO2. The van der Waals surface area contributed by atoms with Crippen LogP contribution in [0.2, 0.25) is 0 Å². The summed E-state index contributed by atoms with van der Waals surface area (Å²) in [7, 11) is 0. The molecule has 0 fully saturated rings. The first-order chi connectivity index (χ1) is 5.89. The predicted octanol–water partition coefficient (Wildman–Crippen LogP) is 0.754. The maximum Gasteiger partial charge on any atom is 0.0741 e. The Labute approximate surface area is 81.2 Å². The normalized spacial score (nSPS) is 18.7. The zero-order valence-corrected chi connectivity index (χ0v) is 9.17. The van der Waals surface area contributed by atoms with E-state index in [0.717, 1.165) is 6.42 Å². The van der Waals surface area contributed by atoms with Crippen LogP contribution in [0.3, 0.4) is 0 Å². The highest BCUT2D eigenvalue weighted by atomic mass is 16.3. The minimum absolute atomic E-state index is 0.263. The summed E-state index contributed by atoms with van der Waals surface area (Å²) >= 11 is 0. The Morgan fingerprint density at radius 3 is 2.31 bits per heavy atom. The average molecular weight is 189 g/mol.